The first-order valence-electron chi connectivity index (χ1n) is 6.02. The van der Waals surface area contributed by atoms with Gasteiger partial charge in [0, 0.05) is 30.0 Å². The van der Waals surface area contributed by atoms with Gasteiger partial charge in [-0.3, -0.25) is 5.10 Å². The Morgan fingerprint density at radius 2 is 2.16 bits per heavy atom. The third-order valence-electron chi connectivity index (χ3n) is 2.85. The summed E-state index contributed by atoms with van der Waals surface area (Å²) in [5.74, 6) is 0. The summed E-state index contributed by atoms with van der Waals surface area (Å²) < 4.78 is 0. The molecule has 100 valence electrons. The number of H-pyrrole nitrogens is 1. The maximum Gasteiger partial charge on any atom is 0.316 e. The topological polar surface area (TPSA) is 95.8 Å². The molecule has 1 unspecified atom stereocenters. The molecule has 2 amide bonds. The minimum atomic E-state index is -0.557. The second-order valence-electron chi connectivity index (χ2n) is 4.32. The van der Waals surface area contributed by atoms with Crippen LogP contribution < -0.4 is 16.4 Å². The molecule has 0 fully saturated rings. The maximum atomic E-state index is 10.7. The zero-order valence-electron chi connectivity index (χ0n) is 10.7. The van der Waals surface area contributed by atoms with Crippen LogP contribution in [0.15, 0.2) is 36.7 Å². The van der Waals surface area contributed by atoms with Crippen LogP contribution in [-0.2, 0) is 6.54 Å². The Kier molecular flexibility index (Phi) is 4.15. The molecule has 0 saturated carbocycles. The summed E-state index contributed by atoms with van der Waals surface area (Å²) in [5.41, 5.74) is 7.99. The van der Waals surface area contributed by atoms with E-state index in [-0.39, 0.29) is 6.04 Å². The number of aromatic nitrogens is 2. The predicted molar refractivity (Wildman–Crippen MR) is 73.5 cm³/mol. The summed E-state index contributed by atoms with van der Waals surface area (Å²) in [6.07, 6.45) is 3.65. The smallest absolute Gasteiger partial charge is 0.316 e. The van der Waals surface area contributed by atoms with Gasteiger partial charge < -0.3 is 16.4 Å². The van der Waals surface area contributed by atoms with Gasteiger partial charge >= 0.3 is 6.03 Å². The number of anilines is 1. The van der Waals surface area contributed by atoms with E-state index in [1.54, 1.807) is 6.20 Å². The highest BCUT2D eigenvalue weighted by molar-refractivity contribution is 5.87. The summed E-state index contributed by atoms with van der Waals surface area (Å²) in [6.45, 7) is 2.83. The number of hydrogen-bond donors (Lipinski definition) is 4. The Labute approximate surface area is 111 Å². The molecule has 5 N–H and O–H groups in total. The molecule has 2 rings (SSSR count). The molecule has 19 heavy (non-hydrogen) atoms. The van der Waals surface area contributed by atoms with E-state index in [0.29, 0.717) is 5.69 Å². The summed E-state index contributed by atoms with van der Waals surface area (Å²) >= 11 is 0. The Bertz CT molecular complexity index is 520. The third kappa shape index (κ3) is 3.82. The van der Waals surface area contributed by atoms with Crippen LogP contribution in [0.5, 0.6) is 0 Å². The molecule has 6 nitrogen and oxygen atoms in total. The highest BCUT2D eigenvalue weighted by Crippen LogP contribution is 2.16. The molecular formula is C13H17N5O. The first kappa shape index (κ1) is 13.1. The fourth-order valence-corrected chi connectivity index (χ4v) is 1.76. The first-order chi connectivity index (χ1) is 9.15. The molecule has 0 radical (unpaired) electrons. The van der Waals surface area contributed by atoms with Crippen LogP contribution in [0.3, 0.4) is 0 Å². The highest BCUT2D eigenvalue weighted by Gasteiger charge is 2.05. The van der Waals surface area contributed by atoms with Gasteiger partial charge in [-0.1, -0.05) is 12.1 Å². The van der Waals surface area contributed by atoms with Crippen molar-refractivity contribution >= 4 is 11.7 Å². The second-order valence-corrected chi connectivity index (χ2v) is 4.32. The number of urea groups is 1. The fourth-order valence-electron chi connectivity index (χ4n) is 1.76. The lowest BCUT2D eigenvalue weighted by Crippen LogP contribution is -2.20. The van der Waals surface area contributed by atoms with E-state index in [9.17, 15) is 4.79 Å². The Morgan fingerprint density at radius 1 is 1.42 bits per heavy atom. The van der Waals surface area contributed by atoms with Crippen molar-refractivity contribution < 1.29 is 4.79 Å². The summed E-state index contributed by atoms with van der Waals surface area (Å²) in [6, 6.07) is 7.22. The van der Waals surface area contributed by atoms with Crippen molar-refractivity contribution in [3.05, 3.63) is 47.8 Å². The second kappa shape index (κ2) is 6.01. The van der Waals surface area contributed by atoms with Gasteiger partial charge in [0.25, 0.3) is 0 Å². The average molecular weight is 259 g/mol. The fraction of sp³-hybridized carbons (Fsp3) is 0.231. The molecule has 6 heteroatoms. The molecule has 0 saturated heterocycles. The van der Waals surface area contributed by atoms with Crippen LogP contribution in [0, 0.1) is 0 Å². The Balaban J connectivity index is 1.91. The number of benzene rings is 1. The van der Waals surface area contributed by atoms with Crippen molar-refractivity contribution in [1.29, 1.82) is 0 Å². The van der Waals surface area contributed by atoms with Crippen molar-refractivity contribution in [2.45, 2.75) is 19.5 Å². The SMILES string of the molecule is CC(NCc1cn[nH]c1)c1ccc(NC(N)=O)cc1. The number of nitrogens with zero attached hydrogens (tertiary/aromatic N) is 1. The third-order valence-corrected chi connectivity index (χ3v) is 2.85. The van der Waals surface area contributed by atoms with Gasteiger partial charge in [0.15, 0.2) is 0 Å². The molecule has 1 atom stereocenters. The van der Waals surface area contributed by atoms with Crippen LogP contribution in [-0.4, -0.2) is 16.2 Å². The van der Waals surface area contributed by atoms with E-state index in [2.05, 4.69) is 27.8 Å². The number of carbonyl (C=O) groups is 1. The maximum absolute atomic E-state index is 10.7. The summed E-state index contributed by atoms with van der Waals surface area (Å²) in [5, 5.41) is 12.6. The minimum Gasteiger partial charge on any atom is -0.351 e. The van der Waals surface area contributed by atoms with Gasteiger partial charge in [-0.05, 0) is 24.6 Å². The predicted octanol–water partition coefficient (Wildman–Crippen LogP) is 1.75. The molecule has 0 aliphatic carbocycles. The van der Waals surface area contributed by atoms with Crippen molar-refractivity contribution in [2.24, 2.45) is 5.73 Å². The molecule has 0 spiro atoms. The van der Waals surface area contributed by atoms with Crippen molar-refractivity contribution in [3.8, 4) is 0 Å². The van der Waals surface area contributed by atoms with Crippen LogP contribution in [0.25, 0.3) is 0 Å². The molecule has 2 aromatic rings. The zero-order valence-corrected chi connectivity index (χ0v) is 10.7. The van der Waals surface area contributed by atoms with Gasteiger partial charge in [-0.2, -0.15) is 5.10 Å². The molecule has 0 bridgehead atoms. The van der Waals surface area contributed by atoms with Gasteiger partial charge in [0.2, 0.25) is 0 Å². The first-order valence-corrected chi connectivity index (χ1v) is 6.02. The van der Waals surface area contributed by atoms with E-state index in [4.69, 9.17) is 5.73 Å². The zero-order chi connectivity index (χ0) is 13.7. The lowest BCUT2D eigenvalue weighted by atomic mass is 10.1. The molecule has 1 heterocycles. The van der Waals surface area contributed by atoms with Gasteiger partial charge in [-0.25, -0.2) is 4.79 Å². The van der Waals surface area contributed by atoms with Crippen molar-refractivity contribution in [2.75, 3.05) is 5.32 Å². The number of rotatable bonds is 5. The van der Waals surface area contributed by atoms with E-state index >= 15 is 0 Å². The van der Waals surface area contributed by atoms with Crippen molar-refractivity contribution in [1.82, 2.24) is 15.5 Å². The molecular weight excluding hydrogens is 242 g/mol. The van der Waals surface area contributed by atoms with Crippen LogP contribution in [0.4, 0.5) is 10.5 Å². The van der Waals surface area contributed by atoms with E-state index in [1.165, 1.54) is 0 Å². The minimum absolute atomic E-state index is 0.206. The van der Waals surface area contributed by atoms with Gasteiger partial charge in [0.1, 0.15) is 0 Å². The Hall–Kier alpha value is -2.34. The average Bonchev–Trinajstić information content (AvgIpc) is 2.89. The number of carbonyl (C=O) groups excluding carboxylic acids is 1. The summed E-state index contributed by atoms with van der Waals surface area (Å²) in [4.78, 5) is 10.7. The highest BCUT2D eigenvalue weighted by atomic mass is 16.2. The molecule has 1 aromatic heterocycles. The standard InChI is InChI=1S/C13H17N5O/c1-9(15-6-10-7-16-17-8-10)11-2-4-12(5-3-11)18-13(14)19/h2-5,7-9,15H,6H2,1H3,(H,16,17)(H3,14,18,19). The molecule has 1 aromatic carbocycles. The van der Waals surface area contributed by atoms with Gasteiger partial charge in [0.05, 0.1) is 6.20 Å². The van der Waals surface area contributed by atoms with E-state index in [0.717, 1.165) is 17.7 Å². The molecule has 0 aliphatic heterocycles. The number of amides is 2. The van der Waals surface area contributed by atoms with Crippen LogP contribution in [0.1, 0.15) is 24.1 Å². The lowest BCUT2D eigenvalue weighted by Gasteiger charge is -2.14. The number of primary amides is 1. The van der Waals surface area contributed by atoms with Gasteiger partial charge in [-0.15, -0.1) is 0 Å². The van der Waals surface area contributed by atoms with Crippen molar-refractivity contribution in [3.63, 3.8) is 0 Å². The number of hydrogen-bond acceptors (Lipinski definition) is 3. The van der Waals surface area contributed by atoms with Crippen LogP contribution in [0.2, 0.25) is 0 Å². The summed E-state index contributed by atoms with van der Waals surface area (Å²) in [7, 11) is 0. The monoisotopic (exact) mass is 259 g/mol. The van der Waals surface area contributed by atoms with E-state index in [1.807, 2.05) is 30.5 Å². The number of nitrogens with two attached hydrogens (primary N) is 1. The lowest BCUT2D eigenvalue weighted by molar-refractivity contribution is 0.259. The molecule has 0 aliphatic rings. The number of aromatic amines is 1. The quantitative estimate of drug-likeness (QED) is 0.658. The Morgan fingerprint density at radius 3 is 2.74 bits per heavy atom. The largest absolute Gasteiger partial charge is 0.351 e. The van der Waals surface area contributed by atoms with E-state index < -0.39 is 6.03 Å². The normalized spacial score (nSPS) is 12.1. The van der Waals surface area contributed by atoms with Crippen LogP contribution >= 0.6 is 0 Å². The number of nitrogens with one attached hydrogen (secondary N) is 3.